The smallest absolute Gasteiger partial charge is 0.350 e. The molecule has 0 atom stereocenters. The van der Waals surface area contributed by atoms with Crippen molar-refractivity contribution in [3.05, 3.63) is 35.9 Å². The molecule has 1 aliphatic heterocycles. The molecular weight excluding hydrogens is 216 g/mol. The standard InChI is InChI=1S/C10H11O2.Cu/c1-2-5-9(6-3-1)10-11-7-4-8-12-10;/h1-3,5,10H,4,7-8H2;/q-1;+1. The summed E-state index contributed by atoms with van der Waals surface area (Å²) in [5.74, 6) is 0. The molecule has 1 heterocycles. The third-order valence-corrected chi connectivity index (χ3v) is 1.81. The summed E-state index contributed by atoms with van der Waals surface area (Å²) in [6, 6.07) is 10.8. The maximum atomic E-state index is 5.41. The molecule has 0 bridgehead atoms. The van der Waals surface area contributed by atoms with Crippen molar-refractivity contribution >= 4 is 0 Å². The molecule has 2 rings (SSSR count). The van der Waals surface area contributed by atoms with Crippen molar-refractivity contribution in [2.24, 2.45) is 0 Å². The van der Waals surface area contributed by atoms with E-state index in [-0.39, 0.29) is 23.4 Å². The van der Waals surface area contributed by atoms with Crippen LogP contribution in [0, 0.1) is 6.07 Å². The normalized spacial score (nSPS) is 17.8. The van der Waals surface area contributed by atoms with Crippen LogP contribution in [0.15, 0.2) is 24.3 Å². The van der Waals surface area contributed by atoms with E-state index in [0.29, 0.717) is 0 Å². The third-order valence-electron chi connectivity index (χ3n) is 1.81. The van der Waals surface area contributed by atoms with Crippen molar-refractivity contribution in [1.82, 2.24) is 0 Å². The molecule has 1 aromatic rings. The van der Waals surface area contributed by atoms with Crippen LogP contribution in [-0.4, -0.2) is 13.2 Å². The zero-order valence-electron chi connectivity index (χ0n) is 7.13. The second-order valence-electron chi connectivity index (χ2n) is 2.74. The van der Waals surface area contributed by atoms with E-state index in [1.807, 2.05) is 24.3 Å². The zero-order valence-corrected chi connectivity index (χ0v) is 8.07. The molecular formula is C10H11CuO2. The van der Waals surface area contributed by atoms with Gasteiger partial charge in [-0.05, 0) is 6.42 Å². The second-order valence-corrected chi connectivity index (χ2v) is 2.74. The van der Waals surface area contributed by atoms with Gasteiger partial charge in [-0.2, -0.15) is 30.3 Å². The summed E-state index contributed by atoms with van der Waals surface area (Å²) < 4.78 is 10.8. The van der Waals surface area contributed by atoms with Gasteiger partial charge in [-0.25, -0.2) is 0 Å². The summed E-state index contributed by atoms with van der Waals surface area (Å²) in [6.07, 6.45) is 0.795. The van der Waals surface area contributed by atoms with Gasteiger partial charge in [0.2, 0.25) is 0 Å². The molecule has 0 aliphatic carbocycles. The zero-order chi connectivity index (χ0) is 8.23. The molecule has 0 saturated carbocycles. The number of benzene rings is 1. The molecule has 0 N–H and O–H groups in total. The topological polar surface area (TPSA) is 18.5 Å². The van der Waals surface area contributed by atoms with Crippen LogP contribution in [0.25, 0.3) is 0 Å². The van der Waals surface area contributed by atoms with Gasteiger partial charge >= 0.3 is 17.1 Å². The van der Waals surface area contributed by atoms with Crippen LogP contribution in [0.1, 0.15) is 18.3 Å². The van der Waals surface area contributed by atoms with E-state index in [0.717, 1.165) is 25.2 Å². The Balaban J connectivity index is 0.000000845. The fourth-order valence-electron chi connectivity index (χ4n) is 1.22. The first kappa shape index (κ1) is 10.7. The van der Waals surface area contributed by atoms with Crippen molar-refractivity contribution in [1.29, 1.82) is 0 Å². The van der Waals surface area contributed by atoms with Gasteiger partial charge < -0.3 is 9.47 Å². The Morgan fingerprint density at radius 2 is 2.00 bits per heavy atom. The summed E-state index contributed by atoms with van der Waals surface area (Å²) in [4.78, 5) is 0. The van der Waals surface area contributed by atoms with Crippen molar-refractivity contribution in [3.8, 4) is 0 Å². The van der Waals surface area contributed by atoms with Gasteiger partial charge in [-0.15, -0.1) is 5.56 Å². The van der Waals surface area contributed by atoms with E-state index in [1.54, 1.807) is 0 Å². The van der Waals surface area contributed by atoms with Gasteiger partial charge in [0, 0.05) is 0 Å². The van der Waals surface area contributed by atoms with Gasteiger partial charge in [0.25, 0.3) is 0 Å². The molecule has 1 aromatic carbocycles. The first-order valence-electron chi connectivity index (χ1n) is 4.16. The van der Waals surface area contributed by atoms with Crippen LogP contribution in [0.5, 0.6) is 0 Å². The summed E-state index contributed by atoms with van der Waals surface area (Å²) in [5, 5.41) is 0. The number of hydrogen-bond acceptors (Lipinski definition) is 2. The Morgan fingerprint density at radius 3 is 2.62 bits per heavy atom. The van der Waals surface area contributed by atoms with E-state index in [4.69, 9.17) is 9.47 Å². The van der Waals surface area contributed by atoms with Crippen LogP contribution in [0.2, 0.25) is 0 Å². The maximum Gasteiger partial charge on any atom is 1.00 e. The molecule has 0 amide bonds. The van der Waals surface area contributed by atoms with Gasteiger partial charge in [0.1, 0.15) is 0 Å². The van der Waals surface area contributed by atoms with Crippen LogP contribution >= 0.6 is 0 Å². The SMILES string of the molecule is [Cu+].[c-]1ccccc1C1OCCCO1. The monoisotopic (exact) mass is 226 g/mol. The molecule has 0 radical (unpaired) electrons. The molecule has 1 fully saturated rings. The van der Waals surface area contributed by atoms with Gasteiger partial charge in [-0.3, -0.25) is 0 Å². The Bertz CT molecular complexity index is 232. The Morgan fingerprint density at radius 1 is 1.23 bits per heavy atom. The quantitative estimate of drug-likeness (QED) is 0.538. The Kier molecular flexibility index (Phi) is 4.46. The molecule has 0 spiro atoms. The van der Waals surface area contributed by atoms with Crippen molar-refractivity contribution in [3.63, 3.8) is 0 Å². The van der Waals surface area contributed by atoms with Gasteiger partial charge in [0.15, 0.2) is 6.29 Å². The van der Waals surface area contributed by atoms with Crippen molar-refractivity contribution in [2.75, 3.05) is 13.2 Å². The maximum absolute atomic E-state index is 5.41. The average Bonchev–Trinajstić information content (AvgIpc) is 2.21. The fraction of sp³-hybridized carbons (Fsp3) is 0.400. The minimum absolute atomic E-state index is 0. The molecule has 2 nitrogen and oxygen atoms in total. The van der Waals surface area contributed by atoms with Crippen LogP contribution in [0.3, 0.4) is 0 Å². The van der Waals surface area contributed by atoms with Crippen LogP contribution < -0.4 is 0 Å². The first-order chi connectivity index (χ1) is 5.97. The predicted octanol–water partition coefficient (Wildman–Crippen LogP) is 1.92. The minimum atomic E-state index is -0.194. The van der Waals surface area contributed by atoms with Gasteiger partial charge in [-0.1, -0.05) is 0 Å². The second kappa shape index (κ2) is 5.40. The van der Waals surface area contributed by atoms with E-state index >= 15 is 0 Å². The van der Waals surface area contributed by atoms with E-state index in [1.165, 1.54) is 0 Å². The van der Waals surface area contributed by atoms with Crippen LogP contribution in [0.4, 0.5) is 0 Å². The summed E-state index contributed by atoms with van der Waals surface area (Å²) in [5.41, 5.74) is 0.984. The Labute approximate surface area is 88.7 Å². The predicted molar refractivity (Wildman–Crippen MR) is 44.5 cm³/mol. The molecule has 1 saturated heterocycles. The molecule has 13 heavy (non-hydrogen) atoms. The Hall–Kier alpha value is -0.341. The molecule has 0 unspecified atom stereocenters. The number of hydrogen-bond donors (Lipinski definition) is 0. The van der Waals surface area contributed by atoms with E-state index in [9.17, 15) is 0 Å². The largest absolute Gasteiger partial charge is 1.00 e. The van der Waals surface area contributed by atoms with Crippen molar-refractivity contribution in [2.45, 2.75) is 12.7 Å². The average molecular weight is 227 g/mol. The van der Waals surface area contributed by atoms with Gasteiger partial charge in [0.05, 0.1) is 13.2 Å². The van der Waals surface area contributed by atoms with Crippen LogP contribution in [-0.2, 0) is 26.5 Å². The number of rotatable bonds is 1. The van der Waals surface area contributed by atoms with E-state index < -0.39 is 0 Å². The van der Waals surface area contributed by atoms with Crippen molar-refractivity contribution < 1.29 is 26.5 Å². The fourth-order valence-corrected chi connectivity index (χ4v) is 1.22. The minimum Gasteiger partial charge on any atom is -0.350 e. The van der Waals surface area contributed by atoms with E-state index in [2.05, 4.69) is 6.07 Å². The molecule has 0 aromatic heterocycles. The summed E-state index contributed by atoms with van der Waals surface area (Å²) >= 11 is 0. The summed E-state index contributed by atoms with van der Waals surface area (Å²) in [7, 11) is 0. The molecule has 74 valence electrons. The third kappa shape index (κ3) is 2.81. The summed E-state index contributed by atoms with van der Waals surface area (Å²) in [6.45, 7) is 1.57. The number of ether oxygens (including phenoxy) is 2. The molecule has 3 heteroatoms. The first-order valence-corrected chi connectivity index (χ1v) is 4.16. The molecule has 1 aliphatic rings.